The molecule has 0 bridgehead atoms. The Hall–Kier alpha value is -8.91. The van der Waals surface area contributed by atoms with Crippen molar-refractivity contribution < 1.29 is 62.3 Å². The van der Waals surface area contributed by atoms with E-state index in [-0.39, 0.29) is 76.6 Å². The predicted molar refractivity (Wildman–Crippen MR) is 363 cm³/mol. The van der Waals surface area contributed by atoms with Gasteiger partial charge in [-0.05, 0) is 143 Å². The number of likely N-dealkylation sites (tertiary alicyclic amines) is 2. The van der Waals surface area contributed by atoms with E-state index in [2.05, 4.69) is 47.5 Å². The van der Waals surface area contributed by atoms with Crippen molar-refractivity contribution in [2.75, 3.05) is 44.7 Å². The molecule has 10 atom stereocenters. The lowest BCUT2D eigenvalue weighted by molar-refractivity contribution is -0.144. The van der Waals surface area contributed by atoms with Gasteiger partial charge in [0.25, 0.3) is 0 Å². The first-order valence-corrected chi connectivity index (χ1v) is 34.6. The fourth-order valence-electron chi connectivity index (χ4n) is 12.2. The Bertz CT molecular complexity index is 3080. The summed E-state index contributed by atoms with van der Waals surface area (Å²) < 4.78 is 0. The van der Waals surface area contributed by atoms with E-state index in [4.69, 9.17) is 40.1 Å². The van der Waals surface area contributed by atoms with Crippen molar-refractivity contribution in [3.63, 3.8) is 0 Å². The number of guanidine groups is 1. The van der Waals surface area contributed by atoms with Crippen LogP contribution in [0.25, 0.3) is 0 Å². The average Bonchev–Trinajstić information content (AvgIpc) is 1.70. The second kappa shape index (κ2) is 40.0. The molecule has 534 valence electrons. The summed E-state index contributed by atoms with van der Waals surface area (Å²) in [6.07, 6.45) is 3.96. The van der Waals surface area contributed by atoms with Crippen molar-refractivity contribution in [1.82, 2.24) is 52.3 Å². The van der Waals surface area contributed by atoms with Gasteiger partial charge in [-0.3, -0.25) is 67.3 Å². The van der Waals surface area contributed by atoms with Crippen LogP contribution in [0.2, 0.25) is 0 Å². The van der Waals surface area contributed by atoms with E-state index in [1.165, 1.54) is 21.6 Å². The lowest BCUT2D eigenvalue weighted by Crippen LogP contribution is -2.61. The Morgan fingerprint density at radius 3 is 1.64 bits per heavy atom. The molecule has 13 amide bonds. The molecule has 3 aliphatic rings. The van der Waals surface area contributed by atoms with Crippen molar-refractivity contribution >= 4 is 94.5 Å². The van der Waals surface area contributed by atoms with Crippen molar-refractivity contribution in [1.29, 1.82) is 0 Å². The quantitative estimate of drug-likeness (QED) is 0.0174. The Morgan fingerprint density at radius 1 is 0.567 bits per heavy atom. The number of nitrogens with one attached hydrogen (secondary N) is 8. The number of hydrogen-bond donors (Lipinski definition) is 15. The minimum atomic E-state index is -1.64. The zero-order valence-corrected chi connectivity index (χ0v) is 56.5. The highest BCUT2D eigenvalue weighted by Crippen LogP contribution is 2.30. The monoisotopic (exact) mass is 1370 g/mol. The predicted octanol–water partition coefficient (Wildman–Crippen LogP) is -3.54. The number of benzene rings is 2. The first kappa shape index (κ1) is 78.8. The molecule has 31 nitrogen and oxygen atoms in total. The zero-order chi connectivity index (χ0) is 71.3. The summed E-state index contributed by atoms with van der Waals surface area (Å²) in [4.78, 5) is 186. The number of amides is 13. The number of hydrogen-bond acceptors (Lipinski definition) is 17. The van der Waals surface area contributed by atoms with Gasteiger partial charge in [0.1, 0.15) is 54.4 Å². The topological polar surface area (TPSA) is 519 Å². The van der Waals surface area contributed by atoms with Crippen LogP contribution in [0.15, 0.2) is 59.6 Å². The molecule has 0 spiro atoms. The third kappa shape index (κ3) is 25.6. The molecule has 0 saturated carbocycles. The van der Waals surface area contributed by atoms with Gasteiger partial charge in [0, 0.05) is 38.9 Å². The Labute approximate surface area is 569 Å². The van der Waals surface area contributed by atoms with Crippen LogP contribution in [0.5, 0.6) is 0 Å². The molecule has 2 aromatic carbocycles. The molecule has 1 aliphatic carbocycles. The van der Waals surface area contributed by atoms with Crippen LogP contribution in [-0.4, -0.2) is 198 Å². The summed E-state index contributed by atoms with van der Waals surface area (Å²) in [5.41, 5.74) is 42.0. The Kier molecular flexibility index (Phi) is 32.5. The van der Waals surface area contributed by atoms with Crippen molar-refractivity contribution in [3.8, 4) is 0 Å². The van der Waals surface area contributed by atoms with E-state index in [1.807, 2.05) is 44.4 Å². The number of nitrogens with zero attached hydrogens (tertiary/aromatic N) is 3. The standard InChI is InChI=1S/C65H100N18O13S/c1-37(2)32-47(58(90)76-43(55(70)87)26-31-97-3)75-53(86)36-74-62(94)54(41-34-39-16-7-8-17-40(39)35-41)81-59(91)48(33-38-14-5-4-6-15-38)80-57(89)44(22-24-51(68)84)77-56(88)45(23-25-52(69)85)78-60(92)50-21-13-30-83(50)64(96)46(19-9-10-27-66)79-61(93)49-20-12-29-82(49)63(95)42(67)18-11-28-73-65(71)72/h4-8,14-17,37,41-50,54H,9-13,18-36,66-67H2,1-3H3,(H2,68,84)(H2,69,85)(H2,70,87)(H,74,94)(H,75,86)(H,76,90)(H,77,88)(H,78,92)(H,79,93)(H,80,89)(H,81,91)(H4,71,72,73)/t42-,43-,44-,45-,46-,47-,48-,49-,50-,54-/m0/s1. The van der Waals surface area contributed by atoms with Crippen molar-refractivity contribution in [2.24, 2.45) is 57.0 Å². The smallest absolute Gasteiger partial charge is 0.245 e. The van der Waals surface area contributed by atoms with Crippen LogP contribution < -0.4 is 82.7 Å². The molecule has 2 fully saturated rings. The minimum Gasteiger partial charge on any atom is -0.370 e. The van der Waals surface area contributed by atoms with Crippen LogP contribution >= 0.6 is 11.8 Å². The minimum absolute atomic E-state index is 0.0756. The molecule has 2 aromatic rings. The fraction of sp³-hybridized carbons (Fsp3) is 0.600. The van der Waals surface area contributed by atoms with E-state index in [9.17, 15) is 62.3 Å². The number of aliphatic imine (C=N–C) groups is 1. The van der Waals surface area contributed by atoms with Crippen LogP contribution in [0.4, 0.5) is 0 Å². The second-order valence-corrected chi connectivity index (χ2v) is 26.3. The van der Waals surface area contributed by atoms with Gasteiger partial charge in [-0.2, -0.15) is 11.8 Å². The summed E-state index contributed by atoms with van der Waals surface area (Å²) in [7, 11) is 0. The largest absolute Gasteiger partial charge is 0.370 e. The SMILES string of the molecule is CSCC[C@H](NC(=O)[C@H](CC(C)C)NC(=O)CNC(=O)[C@@H](NC(=O)[C@H](Cc1ccccc1)NC(=O)[C@H](CCC(N)=O)NC(=O)[C@H](CCC(N)=O)NC(=O)[C@@H]1CCCN1C(=O)[C@H](CCCCN)NC(=O)[C@@H]1CCCN1C(=O)[C@@H](N)CCCN=C(N)N)C1Cc2ccccc2C1)C(N)=O. The highest BCUT2D eigenvalue weighted by Gasteiger charge is 2.43. The Morgan fingerprint density at radius 2 is 1.09 bits per heavy atom. The summed E-state index contributed by atoms with van der Waals surface area (Å²) in [5, 5.41) is 21.5. The van der Waals surface area contributed by atoms with E-state index in [0.717, 1.165) is 11.1 Å². The van der Waals surface area contributed by atoms with E-state index in [0.29, 0.717) is 62.7 Å². The van der Waals surface area contributed by atoms with Crippen LogP contribution in [0.3, 0.4) is 0 Å². The summed E-state index contributed by atoms with van der Waals surface area (Å²) in [6, 6.07) is 3.57. The normalized spacial score (nSPS) is 17.5. The van der Waals surface area contributed by atoms with Crippen molar-refractivity contribution in [3.05, 3.63) is 71.3 Å². The van der Waals surface area contributed by atoms with Crippen LogP contribution in [0, 0.1) is 11.8 Å². The fourth-order valence-corrected chi connectivity index (χ4v) is 12.6. The molecule has 0 unspecified atom stereocenters. The lowest BCUT2D eigenvalue weighted by atomic mass is 9.94. The van der Waals surface area contributed by atoms with E-state index in [1.54, 1.807) is 30.3 Å². The Balaban J connectivity index is 1.35. The van der Waals surface area contributed by atoms with Gasteiger partial charge in [0.15, 0.2) is 5.96 Å². The number of carbonyl (C=O) groups excluding carboxylic acids is 13. The van der Waals surface area contributed by atoms with Gasteiger partial charge in [-0.15, -0.1) is 0 Å². The van der Waals surface area contributed by atoms with Gasteiger partial charge in [0.2, 0.25) is 76.8 Å². The molecule has 0 aromatic heterocycles. The highest BCUT2D eigenvalue weighted by molar-refractivity contribution is 7.98. The number of fused-ring (bicyclic) bond motifs is 1. The van der Waals surface area contributed by atoms with E-state index < -0.39 is 175 Å². The summed E-state index contributed by atoms with van der Waals surface area (Å²) >= 11 is 1.46. The first-order chi connectivity index (χ1) is 46.2. The lowest BCUT2D eigenvalue weighted by Gasteiger charge is -2.32. The van der Waals surface area contributed by atoms with Gasteiger partial charge in [-0.1, -0.05) is 68.4 Å². The maximum Gasteiger partial charge on any atom is 0.245 e. The molecular weight excluding hydrogens is 1270 g/mol. The number of nitrogens with two attached hydrogens (primary N) is 7. The molecule has 2 saturated heterocycles. The number of thioether (sulfide) groups is 1. The molecular formula is C65H100N18O13S. The number of unbranched alkanes of at least 4 members (excludes halogenated alkanes) is 1. The van der Waals surface area contributed by atoms with Crippen LogP contribution in [-0.2, 0) is 81.6 Å². The maximum absolute atomic E-state index is 14.9. The molecule has 22 N–H and O–H groups in total. The first-order valence-electron chi connectivity index (χ1n) is 33.2. The number of carbonyl (C=O) groups is 13. The van der Waals surface area contributed by atoms with E-state index >= 15 is 0 Å². The molecule has 97 heavy (non-hydrogen) atoms. The third-order valence-corrected chi connectivity index (χ3v) is 17.9. The zero-order valence-electron chi connectivity index (χ0n) is 55.7. The van der Waals surface area contributed by atoms with Gasteiger partial charge < -0.3 is 92.5 Å². The van der Waals surface area contributed by atoms with Crippen molar-refractivity contribution in [2.45, 2.75) is 190 Å². The summed E-state index contributed by atoms with van der Waals surface area (Å²) in [6.45, 7) is 3.91. The summed E-state index contributed by atoms with van der Waals surface area (Å²) in [5.74, 6) is -10.2. The second-order valence-electron chi connectivity index (χ2n) is 25.3. The number of rotatable bonds is 41. The molecule has 5 rings (SSSR count). The molecule has 0 radical (unpaired) electrons. The van der Waals surface area contributed by atoms with Gasteiger partial charge in [-0.25, -0.2) is 0 Å². The molecule has 2 heterocycles. The van der Waals surface area contributed by atoms with Crippen LogP contribution in [0.1, 0.15) is 127 Å². The number of primary amides is 3. The average molecular weight is 1370 g/mol. The van der Waals surface area contributed by atoms with Gasteiger partial charge >= 0.3 is 0 Å². The molecule has 32 heteroatoms. The third-order valence-electron chi connectivity index (χ3n) is 17.3. The molecule has 2 aliphatic heterocycles. The van der Waals surface area contributed by atoms with Gasteiger partial charge in [0.05, 0.1) is 12.6 Å². The highest BCUT2D eigenvalue weighted by atomic mass is 32.2. The maximum atomic E-state index is 14.9.